The van der Waals surface area contributed by atoms with Crippen molar-refractivity contribution in [2.24, 2.45) is 0 Å². The van der Waals surface area contributed by atoms with E-state index in [0.717, 1.165) is 11.1 Å². The highest BCUT2D eigenvalue weighted by molar-refractivity contribution is 7.80. The molecule has 7 nitrogen and oxygen atoms in total. The van der Waals surface area contributed by atoms with Crippen molar-refractivity contribution < 1.29 is 9.72 Å². The van der Waals surface area contributed by atoms with E-state index in [4.69, 9.17) is 23.8 Å². The van der Waals surface area contributed by atoms with E-state index >= 15 is 0 Å². The number of carbonyl (C=O) groups excluding carboxylic acids is 1. The molecule has 0 fully saturated rings. The normalized spacial score (nSPS) is 16.1. The first-order valence-corrected chi connectivity index (χ1v) is 9.56. The number of halogens is 1. The van der Waals surface area contributed by atoms with Gasteiger partial charge in [0.1, 0.15) is 5.02 Å². The number of rotatable bonds is 4. The Bertz CT molecular complexity index is 1070. The van der Waals surface area contributed by atoms with Gasteiger partial charge in [0, 0.05) is 17.5 Å². The maximum atomic E-state index is 13.2. The fourth-order valence-electron chi connectivity index (χ4n) is 3.15. The van der Waals surface area contributed by atoms with E-state index in [1.54, 1.807) is 13.0 Å². The van der Waals surface area contributed by atoms with Crippen LogP contribution in [0.15, 0.2) is 47.7 Å². The van der Waals surface area contributed by atoms with Gasteiger partial charge in [-0.2, -0.15) is 0 Å². The Morgan fingerprint density at radius 1 is 1.21 bits per heavy atom. The SMILES string of the molecule is CC1=C(C(=O)Nc2cc(C)ccc2C)C(c2ccc(Cl)c([N+](=O)[O-])c2)NC(=S)N1. The average Bonchev–Trinajstić information content (AvgIpc) is 2.64. The highest BCUT2D eigenvalue weighted by Gasteiger charge is 2.31. The molecule has 0 saturated heterocycles. The van der Waals surface area contributed by atoms with Crippen LogP contribution < -0.4 is 16.0 Å². The molecule has 0 bridgehead atoms. The predicted molar refractivity (Wildman–Crippen MR) is 117 cm³/mol. The minimum atomic E-state index is -0.662. The van der Waals surface area contributed by atoms with Crippen LogP contribution in [0.1, 0.15) is 29.7 Å². The van der Waals surface area contributed by atoms with Gasteiger partial charge in [0.2, 0.25) is 0 Å². The van der Waals surface area contributed by atoms with Gasteiger partial charge in [0.25, 0.3) is 11.6 Å². The van der Waals surface area contributed by atoms with Crippen molar-refractivity contribution >= 4 is 46.2 Å². The van der Waals surface area contributed by atoms with Crippen LogP contribution in [0.4, 0.5) is 11.4 Å². The summed E-state index contributed by atoms with van der Waals surface area (Å²) in [4.78, 5) is 23.9. The fraction of sp³-hybridized carbons (Fsp3) is 0.200. The summed E-state index contributed by atoms with van der Waals surface area (Å²) >= 11 is 11.2. The monoisotopic (exact) mass is 430 g/mol. The zero-order valence-corrected chi connectivity index (χ0v) is 17.6. The predicted octanol–water partition coefficient (Wildman–Crippen LogP) is 4.30. The number of nitrogens with zero attached hydrogens (tertiary/aromatic N) is 1. The number of anilines is 1. The number of allylic oxidation sites excluding steroid dienone is 1. The number of nitro groups is 1. The number of thiocarbonyl (C=S) groups is 1. The molecule has 2 aromatic rings. The van der Waals surface area contributed by atoms with E-state index in [1.807, 2.05) is 32.0 Å². The molecule has 0 spiro atoms. The van der Waals surface area contributed by atoms with E-state index in [9.17, 15) is 14.9 Å². The van der Waals surface area contributed by atoms with Crippen molar-refractivity contribution in [3.63, 3.8) is 0 Å². The number of benzene rings is 2. The molecule has 1 atom stereocenters. The molecule has 0 radical (unpaired) electrons. The number of carbonyl (C=O) groups is 1. The summed E-state index contributed by atoms with van der Waals surface area (Å²) < 4.78 is 0. The second-order valence-corrected chi connectivity index (χ2v) is 7.63. The Kier molecular flexibility index (Phi) is 5.86. The lowest BCUT2D eigenvalue weighted by atomic mass is 9.94. The maximum Gasteiger partial charge on any atom is 0.288 e. The third-order valence-electron chi connectivity index (χ3n) is 4.66. The summed E-state index contributed by atoms with van der Waals surface area (Å²) in [5.74, 6) is -0.332. The quantitative estimate of drug-likeness (QED) is 0.380. The summed E-state index contributed by atoms with van der Waals surface area (Å²) in [5.41, 5.74) is 3.87. The molecular formula is C20H19ClN4O3S. The molecule has 0 aliphatic carbocycles. The topological polar surface area (TPSA) is 96.3 Å². The Labute approximate surface area is 178 Å². The largest absolute Gasteiger partial charge is 0.351 e. The second-order valence-electron chi connectivity index (χ2n) is 6.81. The number of hydrogen-bond donors (Lipinski definition) is 3. The fourth-order valence-corrected chi connectivity index (χ4v) is 3.61. The Morgan fingerprint density at radius 2 is 1.93 bits per heavy atom. The molecular weight excluding hydrogens is 412 g/mol. The van der Waals surface area contributed by atoms with Gasteiger partial charge in [-0.1, -0.05) is 29.8 Å². The maximum absolute atomic E-state index is 13.2. The van der Waals surface area contributed by atoms with Crippen molar-refractivity contribution in [2.75, 3.05) is 5.32 Å². The third kappa shape index (κ3) is 4.38. The van der Waals surface area contributed by atoms with Gasteiger partial charge in [-0.25, -0.2) is 0 Å². The molecule has 29 heavy (non-hydrogen) atoms. The molecule has 1 amide bonds. The Hall–Kier alpha value is -2.97. The van der Waals surface area contributed by atoms with Gasteiger partial charge in [0.05, 0.1) is 16.5 Å². The van der Waals surface area contributed by atoms with Crippen molar-refractivity contribution in [2.45, 2.75) is 26.8 Å². The van der Waals surface area contributed by atoms with Gasteiger partial charge in [-0.3, -0.25) is 14.9 Å². The van der Waals surface area contributed by atoms with E-state index < -0.39 is 11.0 Å². The van der Waals surface area contributed by atoms with Gasteiger partial charge >= 0.3 is 0 Å². The first-order valence-electron chi connectivity index (χ1n) is 8.78. The molecule has 1 heterocycles. The summed E-state index contributed by atoms with van der Waals surface area (Å²) in [7, 11) is 0. The van der Waals surface area contributed by atoms with Gasteiger partial charge in [0.15, 0.2) is 5.11 Å². The van der Waals surface area contributed by atoms with Crippen LogP contribution >= 0.6 is 23.8 Å². The summed E-state index contributed by atoms with van der Waals surface area (Å²) in [6.07, 6.45) is 0. The van der Waals surface area contributed by atoms with Crippen molar-refractivity contribution in [1.29, 1.82) is 0 Å². The van der Waals surface area contributed by atoms with Crippen molar-refractivity contribution in [1.82, 2.24) is 10.6 Å². The van der Waals surface area contributed by atoms with Gasteiger partial charge in [-0.15, -0.1) is 0 Å². The molecule has 0 saturated carbocycles. The minimum absolute atomic E-state index is 0.0253. The molecule has 1 aliphatic rings. The lowest BCUT2D eigenvalue weighted by molar-refractivity contribution is -0.384. The van der Waals surface area contributed by atoms with Crippen molar-refractivity contribution in [3.8, 4) is 0 Å². The molecule has 0 aromatic heterocycles. The number of hydrogen-bond acceptors (Lipinski definition) is 4. The standard InChI is InChI=1S/C20H19ClN4O3S/c1-10-4-5-11(2)15(8-10)23-19(26)17-12(3)22-20(29)24-18(17)13-6-7-14(21)16(9-13)25(27)28/h4-9,18H,1-3H3,(H,23,26)(H2,22,24,29). The number of amides is 1. The molecule has 1 aliphatic heterocycles. The summed E-state index contributed by atoms with van der Waals surface area (Å²) in [6.45, 7) is 5.59. The first kappa shape index (κ1) is 20.8. The Morgan fingerprint density at radius 3 is 2.62 bits per heavy atom. The lowest BCUT2D eigenvalue weighted by Crippen LogP contribution is -2.45. The average molecular weight is 431 g/mol. The minimum Gasteiger partial charge on any atom is -0.351 e. The van der Waals surface area contributed by atoms with Crippen molar-refractivity contribution in [3.05, 3.63) is 79.5 Å². The van der Waals surface area contributed by atoms with Crippen LogP contribution in [0.5, 0.6) is 0 Å². The van der Waals surface area contributed by atoms with Crippen LogP contribution in [0.3, 0.4) is 0 Å². The summed E-state index contributed by atoms with van der Waals surface area (Å²) in [5, 5.41) is 20.5. The molecule has 1 unspecified atom stereocenters. The summed E-state index contributed by atoms with van der Waals surface area (Å²) in [6, 6.07) is 9.55. The Balaban J connectivity index is 2.02. The molecule has 150 valence electrons. The van der Waals surface area contributed by atoms with E-state index in [1.165, 1.54) is 12.1 Å². The van der Waals surface area contributed by atoms with Crippen LogP contribution in [0.2, 0.25) is 5.02 Å². The highest BCUT2D eigenvalue weighted by Crippen LogP contribution is 2.33. The van der Waals surface area contributed by atoms with E-state index in [-0.39, 0.29) is 16.6 Å². The first-order chi connectivity index (χ1) is 13.7. The number of nitro benzene ring substituents is 1. The second kappa shape index (κ2) is 8.18. The molecule has 3 N–H and O–H groups in total. The van der Waals surface area contributed by atoms with Crippen LogP contribution in [0, 0.1) is 24.0 Å². The van der Waals surface area contributed by atoms with Gasteiger partial charge in [-0.05, 0) is 61.8 Å². The highest BCUT2D eigenvalue weighted by atomic mass is 35.5. The van der Waals surface area contributed by atoms with E-state index in [2.05, 4.69) is 16.0 Å². The van der Waals surface area contributed by atoms with Crippen LogP contribution in [-0.2, 0) is 4.79 Å². The third-order valence-corrected chi connectivity index (χ3v) is 5.19. The molecule has 3 rings (SSSR count). The van der Waals surface area contributed by atoms with Crippen LogP contribution in [0.25, 0.3) is 0 Å². The number of aryl methyl sites for hydroxylation is 2. The molecule has 9 heteroatoms. The van der Waals surface area contributed by atoms with Crippen LogP contribution in [-0.4, -0.2) is 15.9 Å². The zero-order valence-electron chi connectivity index (χ0n) is 16.0. The lowest BCUT2D eigenvalue weighted by Gasteiger charge is -2.30. The number of nitrogens with one attached hydrogen (secondary N) is 3. The van der Waals surface area contributed by atoms with E-state index in [0.29, 0.717) is 27.6 Å². The zero-order chi connectivity index (χ0) is 21.3. The van der Waals surface area contributed by atoms with Gasteiger partial charge < -0.3 is 16.0 Å². The molecule has 2 aromatic carbocycles. The smallest absolute Gasteiger partial charge is 0.288 e.